The van der Waals surface area contributed by atoms with Crippen molar-refractivity contribution in [2.24, 2.45) is 10.8 Å². The van der Waals surface area contributed by atoms with E-state index in [0.717, 1.165) is 48.2 Å². The Kier molecular flexibility index (Phi) is 21.1. The largest absolute Gasteiger partial charge is 0.444 e. The van der Waals surface area contributed by atoms with E-state index >= 15 is 0 Å². The number of aryl methyl sites for hydroxylation is 2. The highest BCUT2D eigenvalue weighted by atomic mass is 16.6. The Morgan fingerprint density at radius 2 is 0.946 bits per heavy atom. The fraction of sp³-hybridized carbons (Fsp3) is 0.481. The number of nitrogens with one attached hydrogen (secondary N) is 6. The first kappa shape index (κ1) is 57.6. The number of aliphatic hydroxyl groups is 2. The number of alkyl carbamates (subject to hydrolysis) is 2. The van der Waals surface area contributed by atoms with Gasteiger partial charge < -0.3 is 41.0 Å². The van der Waals surface area contributed by atoms with Gasteiger partial charge in [-0.05, 0) is 38.8 Å². The van der Waals surface area contributed by atoms with Crippen LogP contribution in [0.5, 0.6) is 0 Å². The normalized spacial score (nSPS) is 14.0. The van der Waals surface area contributed by atoms with Crippen molar-refractivity contribution in [3.63, 3.8) is 0 Å². The Bertz CT molecular complexity index is 2450. The van der Waals surface area contributed by atoms with Gasteiger partial charge in [-0.25, -0.2) is 9.59 Å². The number of carbonyl (C=O) groups is 4. The predicted molar refractivity (Wildman–Crippen MR) is 284 cm³/mol. The number of aliphatic hydroxyl groups excluding tert-OH is 2. The van der Waals surface area contributed by atoms with E-state index in [0.29, 0.717) is 37.6 Å². The molecular weight excluding hydrogens is 945 g/mol. The highest BCUT2D eigenvalue weighted by Gasteiger charge is 2.34. The molecule has 74 heavy (non-hydrogen) atoms. The Morgan fingerprint density at radius 1 is 0.581 bits per heavy atom. The molecule has 4 aromatic heterocycles. The molecule has 0 radical (unpaired) electrons. The van der Waals surface area contributed by atoms with E-state index in [9.17, 15) is 29.4 Å². The van der Waals surface area contributed by atoms with E-state index in [-0.39, 0.29) is 10.8 Å². The number of carbonyl (C=O) groups excluding carboxylic acids is 4. The lowest BCUT2D eigenvalue weighted by Gasteiger charge is -2.31. The van der Waals surface area contributed by atoms with E-state index in [2.05, 4.69) is 51.9 Å². The summed E-state index contributed by atoms with van der Waals surface area (Å²) in [5, 5.41) is 54.0. The predicted octanol–water partition coefficient (Wildman–Crippen LogP) is 8.56. The molecule has 0 saturated carbocycles. The van der Waals surface area contributed by atoms with Crippen molar-refractivity contribution in [2.75, 3.05) is 10.6 Å². The van der Waals surface area contributed by atoms with Crippen LogP contribution >= 0.6 is 0 Å². The van der Waals surface area contributed by atoms with E-state index in [1.165, 1.54) is 23.5 Å². The average Bonchev–Trinajstić information content (AvgIpc) is 4.22. The van der Waals surface area contributed by atoms with Gasteiger partial charge in [0.1, 0.15) is 23.8 Å². The number of hydrogen-bond donors (Lipinski definition) is 8. The molecule has 0 saturated heterocycles. The third-order valence-electron chi connectivity index (χ3n) is 12.3. The number of ether oxygens (including phenoxy) is 2. The zero-order valence-electron chi connectivity index (χ0n) is 44.4. The second-order valence-corrected chi connectivity index (χ2v) is 20.7. The monoisotopic (exact) mass is 1020 g/mol. The second kappa shape index (κ2) is 27.1. The second-order valence-electron chi connectivity index (χ2n) is 20.7. The third kappa shape index (κ3) is 18.0. The first-order valence-corrected chi connectivity index (χ1v) is 25.2. The maximum Gasteiger partial charge on any atom is 0.407 e. The number of aromatic nitrogens is 8. The van der Waals surface area contributed by atoms with Gasteiger partial charge in [-0.15, -0.1) is 0 Å². The lowest BCUT2D eigenvalue weighted by atomic mass is 9.89. The standard InChI is InChI=1S/2C27H38N6O4/c2*1-6-7-8-21(24(34)25(35)30-23-13-15-28-31-23)29-26(36)37-22(27(3,4)5)17-33-16-14-20(32-33)19-11-9-18(2)10-12-19/h2*9-16,21-22,24,34H,6-8,17H2,1-5H3,(H,29,36)(H2,28,30,31,35)/t21-,22+,24+;21-,22+,24-/m00/s1. The number of benzene rings is 2. The number of H-pyrrole nitrogens is 2. The average molecular weight is 1020 g/mol. The van der Waals surface area contributed by atoms with Crippen LogP contribution in [0.2, 0.25) is 0 Å². The Morgan fingerprint density at radius 3 is 1.26 bits per heavy atom. The summed E-state index contributed by atoms with van der Waals surface area (Å²) in [7, 11) is 0. The number of hydrogen-bond acceptors (Lipinski definition) is 12. The quantitative estimate of drug-likeness (QED) is 0.0318. The maximum atomic E-state index is 12.9. The molecule has 400 valence electrons. The van der Waals surface area contributed by atoms with Gasteiger partial charge in [0.05, 0.1) is 49.0 Å². The van der Waals surface area contributed by atoms with Crippen molar-refractivity contribution in [1.29, 1.82) is 0 Å². The van der Waals surface area contributed by atoms with E-state index in [1.54, 1.807) is 21.5 Å². The summed E-state index contributed by atoms with van der Waals surface area (Å²) in [5.74, 6) is -0.563. The van der Waals surface area contributed by atoms with E-state index < -0.39 is 60.5 Å². The minimum Gasteiger partial charge on any atom is -0.444 e. The molecule has 20 heteroatoms. The summed E-state index contributed by atoms with van der Waals surface area (Å²) in [6.45, 7) is 20.7. The molecule has 0 unspecified atom stereocenters. The smallest absolute Gasteiger partial charge is 0.407 e. The van der Waals surface area contributed by atoms with Crippen LogP contribution in [0.15, 0.2) is 97.6 Å². The molecule has 0 fully saturated rings. The van der Waals surface area contributed by atoms with Crippen molar-refractivity contribution < 1.29 is 38.9 Å². The van der Waals surface area contributed by atoms with Gasteiger partial charge in [0.2, 0.25) is 0 Å². The first-order chi connectivity index (χ1) is 35.1. The van der Waals surface area contributed by atoms with Crippen LogP contribution < -0.4 is 21.3 Å². The van der Waals surface area contributed by atoms with Crippen LogP contribution in [-0.4, -0.2) is 111 Å². The van der Waals surface area contributed by atoms with E-state index in [4.69, 9.17) is 9.47 Å². The molecule has 0 aliphatic carbocycles. The summed E-state index contributed by atoms with van der Waals surface area (Å²) in [6, 6.07) is 21.6. The van der Waals surface area contributed by atoms with Crippen LogP contribution in [0.4, 0.5) is 21.2 Å². The van der Waals surface area contributed by atoms with Crippen molar-refractivity contribution in [2.45, 2.75) is 157 Å². The highest BCUT2D eigenvalue weighted by Crippen LogP contribution is 2.27. The molecule has 4 amide bonds. The number of aromatic amines is 2. The first-order valence-electron chi connectivity index (χ1n) is 25.2. The minimum absolute atomic E-state index is 0.352. The van der Waals surface area contributed by atoms with Gasteiger partial charge >= 0.3 is 12.2 Å². The molecule has 6 rings (SSSR count). The zero-order chi connectivity index (χ0) is 54.0. The number of rotatable bonds is 22. The third-order valence-corrected chi connectivity index (χ3v) is 12.3. The van der Waals surface area contributed by atoms with Gasteiger partial charge in [0.25, 0.3) is 11.8 Å². The topological polar surface area (TPSA) is 268 Å². The molecule has 0 bridgehead atoms. The van der Waals surface area contributed by atoms with Crippen molar-refractivity contribution in [1.82, 2.24) is 50.6 Å². The molecule has 0 aliphatic heterocycles. The molecule has 0 spiro atoms. The van der Waals surface area contributed by atoms with Gasteiger partial charge in [0.15, 0.2) is 12.2 Å². The highest BCUT2D eigenvalue weighted by molar-refractivity contribution is 5.94. The molecule has 6 aromatic rings. The Balaban J connectivity index is 0.000000274. The van der Waals surface area contributed by atoms with Crippen LogP contribution in [0.1, 0.15) is 105 Å². The van der Waals surface area contributed by atoms with E-state index in [1.807, 2.05) is 142 Å². The summed E-state index contributed by atoms with van der Waals surface area (Å²) >= 11 is 0. The van der Waals surface area contributed by atoms with Gasteiger partial charge in [0, 0.05) is 46.5 Å². The fourth-order valence-electron chi connectivity index (χ4n) is 7.52. The van der Waals surface area contributed by atoms with Crippen LogP contribution in [0.25, 0.3) is 22.5 Å². The minimum atomic E-state index is -1.46. The Hall–Kier alpha value is -7.32. The molecule has 6 atom stereocenters. The number of unbranched alkanes of at least 4 members (excludes halogenated alkanes) is 2. The molecule has 2 aromatic carbocycles. The van der Waals surface area contributed by atoms with Gasteiger partial charge in [-0.3, -0.25) is 29.2 Å². The maximum absolute atomic E-state index is 12.9. The molecule has 20 nitrogen and oxygen atoms in total. The van der Waals surface area contributed by atoms with Crippen LogP contribution in [0, 0.1) is 24.7 Å². The molecule has 0 aliphatic rings. The van der Waals surface area contributed by atoms with Crippen LogP contribution in [-0.2, 0) is 32.2 Å². The summed E-state index contributed by atoms with van der Waals surface area (Å²) in [4.78, 5) is 51.0. The van der Waals surface area contributed by atoms with Crippen molar-refractivity contribution in [3.8, 4) is 22.5 Å². The lowest BCUT2D eigenvalue weighted by Crippen LogP contribution is -2.50. The lowest BCUT2D eigenvalue weighted by molar-refractivity contribution is -0.126. The summed E-state index contributed by atoms with van der Waals surface area (Å²) in [6.07, 6.45) is 5.33. The molecule has 8 N–H and O–H groups in total. The fourth-order valence-corrected chi connectivity index (χ4v) is 7.52. The molecule has 4 heterocycles. The summed E-state index contributed by atoms with van der Waals surface area (Å²) < 4.78 is 15.2. The number of nitrogens with zero attached hydrogens (tertiary/aromatic N) is 6. The van der Waals surface area contributed by atoms with Gasteiger partial charge in [-0.2, -0.15) is 20.4 Å². The summed E-state index contributed by atoms with van der Waals surface area (Å²) in [5.41, 5.74) is 5.28. The SMILES string of the molecule is CCCC[C@H](NC(=O)O[C@H](Cn1ccc(-c2ccc(C)cc2)n1)C(C)(C)C)[C@@H](O)C(=O)Nc1ccn[nH]1.CCCC[C@H](NC(=O)O[C@H](Cn1ccc(-c2ccc(C)cc2)n1)C(C)(C)C)[C@H](O)C(=O)Nc1ccn[nH]1. The molecular formula is C54H76N12O8. The van der Waals surface area contributed by atoms with Crippen molar-refractivity contribution >= 4 is 35.6 Å². The van der Waals surface area contributed by atoms with Gasteiger partial charge in [-0.1, -0.05) is 141 Å². The van der Waals surface area contributed by atoms with Crippen LogP contribution in [0.3, 0.4) is 0 Å². The van der Waals surface area contributed by atoms with Crippen molar-refractivity contribution in [3.05, 3.63) is 109 Å². The number of amides is 4. The number of anilines is 2. The Labute approximate surface area is 433 Å². The zero-order valence-corrected chi connectivity index (χ0v) is 44.4.